The Morgan fingerprint density at radius 2 is 2.16 bits per heavy atom. The quantitative estimate of drug-likeness (QED) is 0.537. The lowest BCUT2D eigenvalue weighted by Crippen LogP contribution is -2.58. The third kappa shape index (κ3) is 4.25. The molecule has 3 saturated heterocycles. The van der Waals surface area contributed by atoms with Crippen molar-refractivity contribution in [3.63, 3.8) is 0 Å². The van der Waals surface area contributed by atoms with Crippen LogP contribution in [0.15, 0.2) is 29.1 Å². The van der Waals surface area contributed by atoms with Gasteiger partial charge in [-0.15, -0.1) is 0 Å². The number of pyridine rings is 1. The van der Waals surface area contributed by atoms with Gasteiger partial charge in [0.25, 0.3) is 5.91 Å². The first-order valence-electron chi connectivity index (χ1n) is 11.3. The predicted molar refractivity (Wildman–Crippen MR) is 124 cm³/mol. The Bertz CT molecular complexity index is 1110. The van der Waals surface area contributed by atoms with Gasteiger partial charge in [0.05, 0.1) is 11.9 Å². The number of piperidine rings is 3. The number of nitrogens with one attached hydrogen (secondary N) is 4. The largest absolute Gasteiger partial charge is 0.351 e. The number of carbonyl (C=O) groups excluding carboxylic acids is 2. The van der Waals surface area contributed by atoms with Crippen molar-refractivity contribution in [3.8, 4) is 0 Å². The summed E-state index contributed by atoms with van der Waals surface area (Å²) in [6.07, 6.45) is 8.02. The first-order valence-corrected chi connectivity index (χ1v) is 11.3. The summed E-state index contributed by atoms with van der Waals surface area (Å²) in [5.74, 6) is 1.18. The molecule has 2 aromatic rings. The number of fused-ring (bicyclic) bond motifs is 4. The maximum absolute atomic E-state index is 12.5. The van der Waals surface area contributed by atoms with Gasteiger partial charge in [0, 0.05) is 36.2 Å². The maximum Gasteiger partial charge on any atom is 0.276 e. The molecule has 3 fully saturated rings. The second kappa shape index (κ2) is 8.38. The van der Waals surface area contributed by atoms with Crippen molar-refractivity contribution in [2.75, 3.05) is 25.0 Å². The van der Waals surface area contributed by atoms with Gasteiger partial charge in [-0.1, -0.05) is 13.8 Å². The summed E-state index contributed by atoms with van der Waals surface area (Å²) < 4.78 is 0. The average molecular weight is 436 g/mol. The summed E-state index contributed by atoms with van der Waals surface area (Å²) in [7, 11) is 0. The van der Waals surface area contributed by atoms with Crippen molar-refractivity contribution in [3.05, 3.63) is 29.7 Å². The van der Waals surface area contributed by atoms with Crippen molar-refractivity contribution < 1.29 is 9.59 Å². The SMILES string of the molecule is CC(C)CC(=O)Nc1cnc2[nH]cc(C=C3N=C(NC4CN5CCC4CC5)NC3=O)c2c1. The first-order chi connectivity index (χ1) is 15.4. The molecule has 0 aliphatic carbocycles. The molecule has 2 amide bonds. The van der Waals surface area contributed by atoms with Crippen LogP contribution in [0.4, 0.5) is 5.69 Å². The maximum atomic E-state index is 12.5. The third-order valence-electron chi connectivity index (χ3n) is 6.41. The molecule has 4 N–H and O–H groups in total. The summed E-state index contributed by atoms with van der Waals surface area (Å²) in [6.45, 7) is 7.34. The lowest BCUT2D eigenvalue weighted by atomic mass is 9.84. The van der Waals surface area contributed by atoms with E-state index < -0.39 is 0 Å². The van der Waals surface area contributed by atoms with Crippen LogP contribution in [-0.2, 0) is 9.59 Å². The number of hydrogen-bond donors (Lipinski definition) is 4. The standard InChI is InChI=1S/C23H29N7O2/c1-13(2)7-20(31)26-16-9-17-15(10-24-21(17)25-11-16)8-18-22(32)29-23(27-18)28-19-12-30-5-3-14(19)4-6-30/h8-11,13-14,19H,3-7,12H2,1-2H3,(H,24,25)(H,26,31)(H2,27,28,29,32). The third-order valence-corrected chi connectivity index (χ3v) is 6.41. The summed E-state index contributed by atoms with van der Waals surface area (Å²) in [6, 6.07) is 2.19. The molecule has 9 nitrogen and oxygen atoms in total. The van der Waals surface area contributed by atoms with Crippen molar-refractivity contribution >= 4 is 40.6 Å². The Kier molecular flexibility index (Phi) is 5.42. The second-order valence-electron chi connectivity index (χ2n) is 9.34. The van der Waals surface area contributed by atoms with Gasteiger partial charge in [-0.05, 0) is 49.9 Å². The Hall–Kier alpha value is -3.20. The second-order valence-corrected chi connectivity index (χ2v) is 9.34. The molecule has 1 atom stereocenters. The van der Waals surface area contributed by atoms with Gasteiger partial charge in [-0.25, -0.2) is 9.98 Å². The van der Waals surface area contributed by atoms with Gasteiger partial charge < -0.3 is 20.5 Å². The van der Waals surface area contributed by atoms with Crippen LogP contribution in [0, 0.1) is 11.8 Å². The molecular weight excluding hydrogens is 406 g/mol. The van der Waals surface area contributed by atoms with Crippen LogP contribution < -0.4 is 16.0 Å². The summed E-state index contributed by atoms with van der Waals surface area (Å²) in [5, 5.41) is 10.0. The Morgan fingerprint density at radius 1 is 1.34 bits per heavy atom. The summed E-state index contributed by atoms with van der Waals surface area (Å²) in [5.41, 5.74) is 2.47. The van der Waals surface area contributed by atoms with Gasteiger partial charge >= 0.3 is 0 Å². The summed E-state index contributed by atoms with van der Waals surface area (Å²) >= 11 is 0. The molecule has 9 heteroatoms. The van der Waals surface area contributed by atoms with Gasteiger partial charge in [-0.2, -0.15) is 0 Å². The Balaban J connectivity index is 1.34. The van der Waals surface area contributed by atoms with E-state index in [-0.39, 0.29) is 17.7 Å². The van der Waals surface area contributed by atoms with E-state index in [1.807, 2.05) is 19.9 Å². The van der Waals surface area contributed by atoms with Crippen LogP contribution >= 0.6 is 0 Å². The zero-order valence-corrected chi connectivity index (χ0v) is 18.4. The van der Waals surface area contributed by atoms with Gasteiger partial charge in [0.2, 0.25) is 11.9 Å². The minimum atomic E-state index is -0.225. The van der Waals surface area contributed by atoms with Crippen LogP contribution in [0.5, 0.6) is 0 Å². The highest BCUT2D eigenvalue weighted by atomic mass is 16.2. The average Bonchev–Trinajstić information content (AvgIpc) is 3.31. The highest BCUT2D eigenvalue weighted by Gasteiger charge is 2.35. The molecule has 2 aromatic heterocycles. The Morgan fingerprint density at radius 3 is 2.88 bits per heavy atom. The van der Waals surface area contributed by atoms with Crippen molar-refractivity contribution in [1.82, 2.24) is 25.5 Å². The Labute approximate surface area is 186 Å². The number of aromatic amines is 1. The summed E-state index contributed by atoms with van der Waals surface area (Å²) in [4.78, 5) is 39.1. The zero-order chi connectivity index (χ0) is 22.2. The molecular formula is C23H29N7O2. The lowest BCUT2D eigenvalue weighted by Gasteiger charge is -2.45. The molecule has 168 valence electrons. The molecule has 0 radical (unpaired) electrons. The first kappa shape index (κ1) is 20.7. The smallest absolute Gasteiger partial charge is 0.276 e. The van der Waals surface area contributed by atoms with Crippen molar-refractivity contribution in [1.29, 1.82) is 0 Å². The molecule has 1 unspecified atom stereocenters. The van der Waals surface area contributed by atoms with Crippen LogP contribution in [-0.4, -0.2) is 58.3 Å². The van der Waals surface area contributed by atoms with E-state index in [1.54, 1.807) is 18.5 Å². The van der Waals surface area contributed by atoms with Crippen LogP contribution in [0.3, 0.4) is 0 Å². The van der Waals surface area contributed by atoms with Crippen molar-refractivity contribution in [2.24, 2.45) is 16.8 Å². The number of nitrogens with zero attached hydrogens (tertiary/aromatic N) is 3. The molecule has 0 spiro atoms. The van der Waals surface area contributed by atoms with Crippen LogP contribution in [0.25, 0.3) is 17.1 Å². The molecule has 6 heterocycles. The highest BCUT2D eigenvalue weighted by molar-refractivity contribution is 6.14. The number of aliphatic imine (C=N–C) groups is 1. The molecule has 6 rings (SSSR count). The molecule has 4 aliphatic heterocycles. The van der Waals surface area contributed by atoms with E-state index in [2.05, 4.69) is 35.8 Å². The number of anilines is 1. The fourth-order valence-corrected chi connectivity index (χ4v) is 4.78. The van der Waals surface area contributed by atoms with E-state index in [9.17, 15) is 9.59 Å². The number of aromatic nitrogens is 2. The number of amides is 2. The normalized spacial score (nSPS) is 26.0. The van der Waals surface area contributed by atoms with Crippen LogP contribution in [0.2, 0.25) is 0 Å². The number of H-pyrrole nitrogens is 1. The lowest BCUT2D eigenvalue weighted by molar-refractivity contribution is -0.117. The van der Waals surface area contributed by atoms with Crippen molar-refractivity contribution in [2.45, 2.75) is 39.2 Å². The highest BCUT2D eigenvalue weighted by Crippen LogP contribution is 2.28. The molecule has 0 aromatic carbocycles. The molecule has 0 saturated carbocycles. The van der Waals surface area contributed by atoms with Gasteiger partial charge in [-0.3, -0.25) is 14.9 Å². The van der Waals surface area contributed by atoms with E-state index in [4.69, 9.17) is 0 Å². The van der Waals surface area contributed by atoms with Crippen LogP contribution in [0.1, 0.15) is 38.7 Å². The fraction of sp³-hybridized carbons (Fsp3) is 0.478. The number of guanidine groups is 1. The molecule has 32 heavy (non-hydrogen) atoms. The van der Waals surface area contributed by atoms with E-state index in [1.165, 1.54) is 25.9 Å². The minimum Gasteiger partial charge on any atom is -0.351 e. The van der Waals surface area contributed by atoms with Gasteiger partial charge in [0.15, 0.2) is 0 Å². The molecule has 4 aliphatic rings. The van der Waals surface area contributed by atoms with E-state index in [0.29, 0.717) is 41.4 Å². The topological polar surface area (TPSA) is 115 Å². The number of hydrogen-bond acceptors (Lipinski definition) is 6. The number of rotatable bonds is 5. The monoisotopic (exact) mass is 435 g/mol. The molecule has 2 bridgehead atoms. The fourth-order valence-electron chi connectivity index (χ4n) is 4.78. The zero-order valence-electron chi connectivity index (χ0n) is 18.4. The van der Waals surface area contributed by atoms with E-state index >= 15 is 0 Å². The number of carbonyl (C=O) groups is 2. The van der Waals surface area contributed by atoms with Gasteiger partial charge in [0.1, 0.15) is 11.3 Å². The minimum absolute atomic E-state index is 0.0418. The van der Waals surface area contributed by atoms with E-state index in [0.717, 1.165) is 17.5 Å². The predicted octanol–water partition coefficient (Wildman–Crippen LogP) is 2.06.